The summed E-state index contributed by atoms with van der Waals surface area (Å²) in [5.74, 6) is 1.69. The Hall–Kier alpha value is -1.48. The highest BCUT2D eigenvalue weighted by molar-refractivity contribution is 7.98. The molecule has 19 heavy (non-hydrogen) atoms. The lowest BCUT2D eigenvalue weighted by Gasteiger charge is -2.23. The highest BCUT2D eigenvalue weighted by Crippen LogP contribution is 2.21. The lowest BCUT2D eigenvalue weighted by atomic mass is 10.2. The third-order valence-corrected chi connectivity index (χ3v) is 3.20. The van der Waals surface area contributed by atoms with Gasteiger partial charge in [0.15, 0.2) is 5.16 Å². The van der Waals surface area contributed by atoms with Crippen LogP contribution in [0.3, 0.4) is 0 Å². The quantitative estimate of drug-likeness (QED) is 0.611. The van der Waals surface area contributed by atoms with E-state index >= 15 is 0 Å². The summed E-state index contributed by atoms with van der Waals surface area (Å²) in [5, 5.41) is 12.9. The zero-order chi connectivity index (χ0) is 14.3. The molecule has 6 heteroatoms. The molecule has 5 nitrogen and oxygen atoms in total. The molecule has 1 aromatic rings. The molecule has 0 bridgehead atoms. The molecule has 0 aliphatic heterocycles. The SMILES string of the molecule is CCNc1cc(N(CC)CC(C)C#N)nc(SC)n1. The molecule has 104 valence electrons. The van der Waals surface area contributed by atoms with E-state index in [9.17, 15) is 0 Å². The van der Waals surface area contributed by atoms with Crippen LogP contribution in [0.5, 0.6) is 0 Å². The molecule has 1 atom stereocenters. The minimum absolute atomic E-state index is 0.0183. The number of hydrogen-bond acceptors (Lipinski definition) is 6. The van der Waals surface area contributed by atoms with Crippen LogP contribution in [-0.2, 0) is 0 Å². The molecule has 1 aromatic heterocycles. The third-order valence-electron chi connectivity index (χ3n) is 2.65. The predicted molar refractivity (Wildman–Crippen MR) is 80.6 cm³/mol. The predicted octanol–water partition coefficient (Wildman–Crippen LogP) is 2.62. The van der Waals surface area contributed by atoms with Crippen molar-refractivity contribution < 1.29 is 0 Å². The second-order valence-corrected chi connectivity index (χ2v) is 4.97. The Kier molecular flexibility index (Phi) is 6.43. The Labute approximate surface area is 119 Å². The highest BCUT2D eigenvalue weighted by Gasteiger charge is 2.13. The average molecular weight is 279 g/mol. The summed E-state index contributed by atoms with van der Waals surface area (Å²) in [7, 11) is 0. The van der Waals surface area contributed by atoms with Crippen molar-refractivity contribution in [3.05, 3.63) is 6.07 Å². The fourth-order valence-electron chi connectivity index (χ4n) is 1.69. The Morgan fingerprint density at radius 3 is 2.74 bits per heavy atom. The van der Waals surface area contributed by atoms with E-state index in [1.54, 1.807) is 0 Å². The summed E-state index contributed by atoms with van der Waals surface area (Å²) < 4.78 is 0. The van der Waals surface area contributed by atoms with E-state index in [1.165, 1.54) is 11.8 Å². The first-order valence-electron chi connectivity index (χ1n) is 6.46. The van der Waals surface area contributed by atoms with E-state index in [4.69, 9.17) is 5.26 Å². The first-order chi connectivity index (χ1) is 9.14. The van der Waals surface area contributed by atoms with E-state index in [2.05, 4.69) is 33.2 Å². The van der Waals surface area contributed by atoms with Gasteiger partial charge in [-0.2, -0.15) is 5.26 Å². The minimum atomic E-state index is -0.0183. The molecule has 0 fully saturated rings. The Morgan fingerprint density at radius 1 is 1.47 bits per heavy atom. The van der Waals surface area contributed by atoms with Gasteiger partial charge in [0.1, 0.15) is 11.6 Å². The van der Waals surface area contributed by atoms with Crippen LogP contribution in [0.2, 0.25) is 0 Å². The minimum Gasteiger partial charge on any atom is -0.370 e. The van der Waals surface area contributed by atoms with Gasteiger partial charge in [-0.05, 0) is 27.0 Å². The van der Waals surface area contributed by atoms with Gasteiger partial charge in [-0.15, -0.1) is 0 Å². The molecule has 0 aliphatic rings. The molecule has 0 aromatic carbocycles. The van der Waals surface area contributed by atoms with Crippen LogP contribution in [0.1, 0.15) is 20.8 Å². The van der Waals surface area contributed by atoms with Gasteiger partial charge in [0, 0.05) is 25.7 Å². The monoisotopic (exact) mass is 279 g/mol. The third kappa shape index (κ3) is 4.60. The van der Waals surface area contributed by atoms with E-state index in [-0.39, 0.29) is 5.92 Å². The molecular formula is C13H21N5S. The summed E-state index contributed by atoms with van der Waals surface area (Å²) in [4.78, 5) is 11.0. The zero-order valence-electron chi connectivity index (χ0n) is 12.0. The van der Waals surface area contributed by atoms with E-state index in [0.717, 1.165) is 29.9 Å². The Morgan fingerprint density at radius 2 is 2.21 bits per heavy atom. The second-order valence-electron chi connectivity index (χ2n) is 4.20. The van der Waals surface area contributed by atoms with Gasteiger partial charge < -0.3 is 10.2 Å². The number of hydrogen-bond donors (Lipinski definition) is 1. The maximum absolute atomic E-state index is 8.94. The molecule has 0 saturated heterocycles. The first-order valence-corrected chi connectivity index (χ1v) is 7.68. The molecule has 1 unspecified atom stereocenters. The molecule has 0 aliphatic carbocycles. The molecule has 1 rings (SSSR count). The van der Waals surface area contributed by atoms with Crippen molar-refractivity contribution in [3.8, 4) is 6.07 Å². The van der Waals surface area contributed by atoms with Crippen LogP contribution >= 0.6 is 11.8 Å². The molecule has 1 N–H and O–H groups in total. The van der Waals surface area contributed by atoms with Gasteiger partial charge in [0.2, 0.25) is 0 Å². The lowest BCUT2D eigenvalue weighted by molar-refractivity contribution is 0.674. The van der Waals surface area contributed by atoms with Crippen LogP contribution in [0, 0.1) is 17.2 Å². The Balaban J connectivity index is 3.01. The number of nitriles is 1. The number of nitrogens with one attached hydrogen (secondary N) is 1. The average Bonchev–Trinajstić information content (AvgIpc) is 2.44. The summed E-state index contributed by atoms with van der Waals surface area (Å²) in [6.45, 7) is 8.36. The maximum atomic E-state index is 8.94. The molecule has 0 saturated carbocycles. The topological polar surface area (TPSA) is 64.8 Å². The fraction of sp³-hybridized carbons (Fsp3) is 0.615. The number of rotatable bonds is 7. The van der Waals surface area contributed by atoms with Crippen molar-refractivity contribution in [3.63, 3.8) is 0 Å². The maximum Gasteiger partial charge on any atom is 0.191 e. The van der Waals surface area contributed by atoms with Crippen molar-refractivity contribution in [2.75, 3.05) is 36.1 Å². The zero-order valence-corrected chi connectivity index (χ0v) is 12.8. The molecule has 0 spiro atoms. The van der Waals surface area contributed by atoms with Crippen LogP contribution < -0.4 is 10.2 Å². The van der Waals surface area contributed by atoms with Gasteiger partial charge in [-0.1, -0.05) is 11.8 Å². The van der Waals surface area contributed by atoms with Crippen LogP contribution in [0.15, 0.2) is 11.2 Å². The number of aromatic nitrogens is 2. The van der Waals surface area contributed by atoms with Crippen molar-refractivity contribution in [2.45, 2.75) is 25.9 Å². The molecule has 0 amide bonds. The van der Waals surface area contributed by atoms with E-state index in [0.29, 0.717) is 6.54 Å². The standard InChI is InChI=1S/C13H21N5S/c1-5-15-11-7-12(17-13(16-11)19-4)18(6-2)9-10(3)8-14/h7,10H,5-6,9H2,1-4H3,(H,15,16,17). The normalized spacial score (nSPS) is 11.7. The fourth-order valence-corrected chi connectivity index (χ4v) is 2.07. The molecule has 1 heterocycles. The Bertz CT molecular complexity index is 443. The number of thioether (sulfide) groups is 1. The highest BCUT2D eigenvalue weighted by atomic mass is 32.2. The van der Waals surface area contributed by atoms with Crippen LogP contribution in [0.4, 0.5) is 11.6 Å². The van der Waals surface area contributed by atoms with Gasteiger partial charge in [0.25, 0.3) is 0 Å². The van der Waals surface area contributed by atoms with Gasteiger partial charge >= 0.3 is 0 Å². The number of nitrogens with zero attached hydrogens (tertiary/aromatic N) is 4. The van der Waals surface area contributed by atoms with Crippen molar-refractivity contribution in [1.82, 2.24) is 9.97 Å². The lowest BCUT2D eigenvalue weighted by Crippen LogP contribution is -2.29. The summed E-state index contributed by atoms with van der Waals surface area (Å²) in [5.41, 5.74) is 0. The van der Waals surface area contributed by atoms with Gasteiger partial charge in [0.05, 0.1) is 12.0 Å². The summed E-state index contributed by atoms with van der Waals surface area (Å²) >= 11 is 1.52. The number of anilines is 2. The smallest absolute Gasteiger partial charge is 0.191 e. The van der Waals surface area contributed by atoms with Crippen molar-refractivity contribution in [1.29, 1.82) is 5.26 Å². The van der Waals surface area contributed by atoms with Crippen molar-refractivity contribution in [2.24, 2.45) is 5.92 Å². The van der Waals surface area contributed by atoms with Crippen LogP contribution in [-0.4, -0.2) is 35.9 Å². The van der Waals surface area contributed by atoms with Crippen molar-refractivity contribution >= 4 is 23.4 Å². The molecule has 0 radical (unpaired) electrons. The van der Waals surface area contributed by atoms with Crippen LogP contribution in [0.25, 0.3) is 0 Å². The summed E-state index contributed by atoms with van der Waals surface area (Å²) in [6.07, 6.45) is 1.96. The first kappa shape index (κ1) is 15.6. The summed E-state index contributed by atoms with van der Waals surface area (Å²) in [6, 6.07) is 4.20. The van der Waals surface area contributed by atoms with E-state index in [1.807, 2.05) is 26.2 Å². The second kappa shape index (κ2) is 7.85. The van der Waals surface area contributed by atoms with E-state index < -0.39 is 0 Å². The van der Waals surface area contributed by atoms with Gasteiger partial charge in [-0.3, -0.25) is 0 Å². The van der Waals surface area contributed by atoms with Gasteiger partial charge in [-0.25, -0.2) is 9.97 Å². The molecular weight excluding hydrogens is 258 g/mol. The largest absolute Gasteiger partial charge is 0.370 e.